The van der Waals surface area contributed by atoms with Gasteiger partial charge in [0.1, 0.15) is 18.7 Å². The van der Waals surface area contributed by atoms with E-state index in [1.807, 2.05) is 0 Å². The maximum absolute atomic E-state index is 9.97. The summed E-state index contributed by atoms with van der Waals surface area (Å²) in [7, 11) is 1.50. The fourth-order valence-electron chi connectivity index (χ4n) is 3.26. The molecule has 4 N–H and O–H groups in total. The van der Waals surface area contributed by atoms with Gasteiger partial charge in [-0.3, -0.25) is 4.57 Å². The Morgan fingerprint density at radius 1 is 1.32 bits per heavy atom. The van der Waals surface area contributed by atoms with Crippen LogP contribution in [0, 0.1) is 0 Å². The molecule has 10 heteroatoms. The molecule has 1 saturated heterocycles. The van der Waals surface area contributed by atoms with Crippen LogP contribution in [-0.2, 0) is 11.3 Å². The second kappa shape index (κ2) is 7.58. The second-order valence-electron chi connectivity index (χ2n) is 6.52. The number of hydrogen-bond acceptors (Lipinski definition) is 9. The summed E-state index contributed by atoms with van der Waals surface area (Å²) in [6, 6.07) is 5.09. The summed E-state index contributed by atoms with van der Waals surface area (Å²) >= 11 is 0. The van der Waals surface area contributed by atoms with E-state index in [4.69, 9.17) is 9.47 Å². The number of phenols is 1. The summed E-state index contributed by atoms with van der Waals surface area (Å²) in [5, 5.41) is 32.1. The Bertz CT molecular complexity index is 978. The third kappa shape index (κ3) is 3.33. The van der Waals surface area contributed by atoms with Crippen LogP contribution >= 0.6 is 0 Å². The van der Waals surface area contributed by atoms with Crippen molar-refractivity contribution in [3.05, 3.63) is 36.4 Å². The van der Waals surface area contributed by atoms with E-state index in [0.717, 1.165) is 5.56 Å². The van der Waals surface area contributed by atoms with E-state index in [1.54, 1.807) is 29.1 Å². The van der Waals surface area contributed by atoms with Gasteiger partial charge in [0.25, 0.3) is 0 Å². The number of hydrogen-bond donors (Lipinski definition) is 4. The average molecular weight is 387 g/mol. The minimum atomic E-state index is -0.739. The fourth-order valence-corrected chi connectivity index (χ4v) is 3.26. The molecule has 28 heavy (non-hydrogen) atoms. The SMILES string of the molecule is COc1cc(CNc2ncnc3c2ncn3C2CC(O)C(CO)O2)ccc1O. The lowest BCUT2D eigenvalue weighted by Crippen LogP contribution is -2.24. The molecule has 2 aromatic heterocycles. The maximum Gasteiger partial charge on any atom is 0.167 e. The Balaban J connectivity index is 1.55. The van der Waals surface area contributed by atoms with Gasteiger partial charge in [-0.2, -0.15) is 0 Å². The first-order valence-electron chi connectivity index (χ1n) is 8.82. The van der Waals surface area contributed by atoms with Crippen molar-refractivity contribution in [2.75, 3.05) is 19.0 Å². The lowest BCUT2D eigenvalue weighted by molar-refractivity contribution is -0.0432. The van der Waals surface area contributed by atoms with Crippen molar-refractivity contribution in [3.63, 3.8) is 0 Å². The predicted molar refractivity (Wildman–Crippen MR) is 98.9 cm³/mol. The minimum absolute atomic E-state index is 0.0781. The monoisotopic (exact) mass is 387 g/mol. The quantitative estimate of drug-likeness (QED) is 0.484. The van der Waals surface area contributed by atoms with Crippen LogP contribution in [0.2, 0.25) is 0 Å². The molecule has 3 unspecified atom stereocenters. The standard InChI is InChI=1S/C18H21N5O5/c1-27-13-4-10(2-3-11(13)25)6-19-17-16-18(21-8-20-17)23(9-22-16)15-5-12(26)14(7-24)28-15/h2-4,8-9,12,14-15,24-26H,5-7H2,1H3,(H,19,20,21). The molecule has 4 rings (SSSR count). The normalized spacial score (nSPS) is 21.9. The Labute approximate surface area is 160 Å². The third-order valence-electron chi connectivity index (χ3n) is 4.76. The Hall–Kier alpha value is -2.95. The lowest BCUT2D eigenvalue weighted by Gasteiger charge is -2.13. The first-order chi connectivity index (χ1) is 13.6. The van der Waals surface area contributed by atoms with Gasteiger partial charge in [0.2, 0.25) is 0 Å². The Morgan fingerprint density at radius 2 is 2.18 bits per heavy atom. The first kappa shape index (κ1) is 18.4. The number of benzene rings is 1. The Kier molecular flexibility index (Phi) is 4.99. The number of rotatable bonds is 6. The molecule has 10 nitrogen and oxygen atoms in total. The highest BCUT2D eigenvalue weighted by Gasteiger charge is 2.35. The van der Waals surface area contributed by atoms with Crippen LogP contribution in [0.1, 0.15) is 18.2 Å². The van der Waals surface area contributed by atoms with Gasteiger partial charge < -0.3 is 30.1 Å². The molecule has 1 fully saturated rings. The fraction of sp³-hybridized carbons (Fsp3) is 0.389. The number of aliphatic hydroxyl groups is 2. The largest absolute Gasteiger partial charge is 0.504 e. The third-order valence-corrected chi connectivity index (χ3v) is 4.76. The first-order valence-corrected chi connectivity index (χ1v) is 8.82. The average Bonchev–Trinajstić information content (AvgIpc) is 3.30. The van der Waals surface area contributed by atoms with Gasteiger partial charge in [0, 0.05) is 13.0 Å². The molecule has 1 aromatic carbocycles. The van der Waals surface area contributed by atoms with Crippen molar-refractivity contribution < 1.29 is 24.8 Å². The number of aromatic nitrogens is 4. The van der Waals surface area contributed by atoms with Crippen LogP contribution in [0.15, 0.2) is 30.9 Å². The van der Waals surface area contributed by atoms with Crippen molar-refractivity contribution in [1.82, 2.24) is 19.5 Å². The highest BCUT2D eigenvalue weighted by molar-refractivity contribution is 5.82. The molecule has 3 aromatic rings. The number of imidazole rings is 1. The Morgan fingerprint density at radius 3 is 2.93 bits per heavy atom. The molecule has 0 aliphatic carbocycles. The summed E-state index contributed by atoms with van der Waals surface area (Å²) in [6.07, 6.45) is 1.54. The van der Waals surface area contributed by atoms with E-state index in [9.17, 15) is 15.3 Å². The van der Waals surface area contributed by atoms with Gasteiger partial charge in [-0.05, 0) is 17.7 Å². The van der Waals surface area contributed by atoms with Crippen LogP contribution in [0.4, 0.5) is 5.82 Å². The number of methoxy groups -OCH3 is 1. The van der Waals surface area contributed by atoms with Gasteiger partial charge in [-0.1, -0.05) is 6.07 Å². The van der Waals surface area contributed by atoms with E-state index in [2.05, 4.69) is 20.3 Å². The van der Waals surface area contributed by atoms with Crippen LogP contribution in [-0.4, -0.2) is 60.8 Å². The number of fused-ring (bicyclic) bond motifs is 1. The molecule has 148 valence electrons. The molecule has 1 aliphatic heterocycles. The van der Waals surface area contributed by atoms with Gasteiger partial charge in [0.05, 0.1) is 26.1 Å². The van der Waals surface area contributed by atoms with Crippen LogP contribution in [0.5, 0.6) is 11.5 Å². The number of nitrogens with one attached hydrogen (secondary N) is 1. The van der Waals surface area contributed by atoms with E-state index in [-0.39, 0.29) is 12.4 Å². The number of aromatic hydroxyl groups is 1. The highest BCUT2D eigenvalue weighted by Crippen LogP contribution is 2.32. The molecule has 0 spiro atoms. The molecule has 3 heterocycles. The number of anilines is 1. The molecule has 0 bridgehead atoms. The zero-order chi connectivity index (χ0) is 19.7. The molecule has 0 radical (unpaired) electrons. The summed E-state index contributed by atoms with van der Waals surface area (Å²) in [4.78, 5) is 12.9. The van der Waals surface area contributed by atoms with E-state index < -0.39 is 18.4 Å². The topological polar surface area (TPSA) is 135 Å². The molecule has 3 atom stereocenters. The van der Waals surface area contributed by atoms with E-state index in [0.29, 0.717) is 35.7 Å². The van der Waals surface area contributed by atoms with E-state index in [1.165, 1.54) is 13.4 Å². The van der Waals surface area contributed by atoms with Gasteiger partial charge in [0.15, 0.2) is 28.5 Å². The number of phenolic OH excluding ortho intramolecular Hbond substituents is 1. The molecule has 1 aliphatic rings. The van der Waals surface area contributed by atoms with Crippen LogP contribution in [0.3, 0.4) is 0 Å². The number of aliphatic hydroxyl groups excluding tert-OH is 2. The molecular weight excluding hydrogens is 366 g/mol. The number of nitrogens with zero attached hydrogens (tertiary/aromatic N) is 4. The summed E-state index contributed by atoms with van der Waals surface area (Å²) in [5.41, 5.74) is 2.03. The van der Waals surface area contributed by atoms with Crippen LogP contribution in [0.25, 0.3) is 11.2 Å². The van der Waals surface area contributed by atoms with Gasteiger partial charge in [-0.15, -0.1) is 0 Å². The van der Waals surface area contributed by atoms with Crippen LogP contribution < -0.4 is 10.1 Å². The zero-order valence-electron chi connectivity index (χ0n) is 15.2. The smallest absolute Gasteiger partial charge is 0.167 e. The number of ether oxygens (including phenoxy) is 2. The summed E-state index contributed by atoms with van der Waals surface area (Å²) in [5.74, 6) is 1.02. The lowest BCUT2D eigenvalue weighted by atomic mass is 10.2. The van der Waals surface area contributed by atoms with Crippen molar-refractivity contribution in [1.29, 1.82) is 0 Å². The van der Waals surface area contributed by atoms with E-state index >= 15 is 0 Å². The van der Waals surface area contributed by atoms with Crippen molar-refractivity contribution in [3.8, 4) is 11.5 Å². The summed E-state index contributed by atoms with van der Waals surface area (Å²) in [6.45, 7) is 0.197. The van der Waals surface area contributed by atoms with Gasteiger partial charge in [-0.25, -0.2) is 15.0 Å². The van der Waals surface area contributed by atoms with Gasteiger partial charge >= 0.3 is 0 Å². The van der Waals surface area contributed by atoms with Crippen molar-refractivity contribution in [2.45, 2.75) is 31.4 Å². The molecular formula is C18H21N5O5. The molecule has 0 saturated carbocycles. The predicted octanol–water partition coefficient (Wildman–Crippen LogP) is 0.793. The zero-order valence-corrected chi connectivity index (χ0v) is 15.2. The second-order valence-corrected chi connectivity index (χ2v) is 6.52. The highest BCUT2D eigenvalue weighted by atomic mass is 16.5. The van der Waals surface area contributed by atoms with Crippen molar-refractivity contribution >= 4 is 17.0 Å². The summed E-state index contributed by atoms with van der Waals surface area (Å²) < 4.78 is 12.5. The minimum Gasteiger partial charge on any atom is -0.504 e. The molecule has 0 amide bonds. The maximum atomic E-state index is 9.97. The van der Waals surface area contributed by atoms with Crippen molar-refractivity contribution in [2.24, 2.45) is 0 Å².